The molecular weight excluding hydrogens is 300 g/mol. The molecule has 3 heteroatoms. The van der Waals surface area contributed by atoms with Gasteiger partial charge in [-0.05, 0) is 92.8 Å². The lowest BCUT2D eigenvalue weighted by molar-refractivity contribution is -0.173. The molecule has 24 heavy (non-hydrogen) atoms. The fraction of sp³-hybridized carbons (Fsp3) is 0.952. The highest BCUT2D eigenvalue weighted by atomic mass is 16.3. The molecule has 0 aliphatic heterocycles. The van der Waals surface area contributed by atoms with Gasteiger partial charge >= 0.3 is 0 Å². The zero-order chi connectivity index (χ0) is 17.3. The molecule has 0 aromatic heterocycles. The molecule has 3 nitrogen and oxygen atoms in total. The van der Waals surface area contributed by atoms with Gasteiger partial charge in [0.1, 0.15) is 5.78 Å². The summed E-state index contributed by atoms with van der Waals surface area (Å²) in [5.41, 5.74) is 0.379. The first-order valence-electron chi connectivity index (χ1n) is 10.1. The lowest BCUT2D eigenvalue weighted by Gasteiger charge is -2.62. The van der Waals surface area contributed by atoms with E-state index in [0.717, 1.165) is 51.4 Å². The van der Waals surface area contributed by atoms with E-state index in [-0.39, 0.29) is 29.0 Å². The molecule has 2 N–H and O–H groups in total. The number of carbonyl (C=O) groups excluding carboxylic acids is 1. The van der Waals surface area contributed by atoms with Crippen LogP contribution in [0.15, 0.2) is 0 Å². The van der Waals surface area contributed by atoms with Crippen molar-refractivity contribution in [1.82, 2.24) is 0 Å². The van der Waals surface area contributed by atoms with Crippen LogP contribution in [-0.2, 0) is 4.79 Å². The fourth-order valence-electron chi connectivity index (χ4n) is 7.87. The molecule has 9 atom stereocenters. The molecule has 0 spiro atoms. The molecule has 0 amide bonds. The molecule has 0 saturated heterocycles. The van der Waals surface area contributed by atoms with Crippen molar-refractivity contribution in [3.63, 3.8) is 0 Å². The molecule has 0 aromatic carbocycles. The third-order valence-electron chi connectivity index (χ3n) is 9.15. The van der Waals surface area contributed by atoms with Crippen molar-refractivity contribution in [2.45, 2.75) is 84.3 Å². The normalized spacial score (nSPS) is 57.0. The van der Waals surface area contributed by atoms with Gasteiger partial charge < -0.3 is 10.2 Å². The van der Waals surface area contributed by atoms with E-state index >= 15 is 0 Å². The Balaban J connectivity index is 1.66. The lowest BCUT2D eigenvalue weighted by atomic mass is 9.44. The lowest BCUT2D eigenvalue weighted by Crippen LogP contribution is -2.58. The van der Waals surface area contributed by atoms with Gasteiger partial charge in [0, 0.05) is 5.92 Å². The van der Waals surface area contributed by atoms with Gasteiger partial charge in [0.05, 0.1) is 12.2 Å². The summed E-state index contributed by atoms with van der Waals surface area (Å²) >= 11 is 0. The number of hydrogen-bond donors (Lipinski definition) is 2. The first-order chi connectivity index (χ1) is 11.3. The van der Waals surface area contributed by atoms with Gasteiger partial charge in [-0.3, -0.25) is 4.79 Å². The summed E-state index contributed by atoms with van der Waals surface area (Å²) < 4.78 is 0. The number of ketones is 1. The van der Waals surface area contributed by atoms with Gasteiger partial charge in [0.15, 0.2) is 0 Å². The molecule has 4 fully saturated rings. The fourth-order valence-corrected chi connectivity index (χ4v) is 7.87. The van der Waals surface area contributed by atoms with Crippen molar-refractivity contribution in [2.75, 3.05) is 0 Å². The van der Waals surface area contributed by atoms with Gasteiger partial charge in [0.2, 0.25) is 0 Å². The number of rotatable bonds is 1. The van der Waals surface area contributed by atoms with Crippen LogP contribution < -0.4 is 0 Å². The van der Waals surface area contributed by atoms with Crippen molar-refractivity contribution in [3.8, 4) is 0 Å². The minimum atomic E-state index is -0.242. The number of aliphatic hydroxyl groups excluding tert-OH is 2. The monoisotopic (exact) mass is 334 g/mol. The molecule has 0 heterocycles. The van der Waals surface area contributed by atoms with Gasteiger partial charge in [0.25, 0.3) is 0 Å². The van der Waals surface area contributed by atoms with Gasteiger partial charge in [-0.15, -0.1) is 0 Å². The molecule has 0 radical (unpaired) electrons. The van der Waals surface area contributed by atoms with Crippen molar-refractivity contribution >= 4 is 5.78 Å². The number of Topliss-reactive ketones (excluding diaryl/α,β-unsaturated/α-hetero) is 1. The van der Waals surface area contributed by atoms with Crippen molar-refractivity contribution in [1.29, 1.82) is 0 Å². The first kappa shape index (κ1) is 17.0. The van der Waals surface area contributed by atoms with E-state index in [1.54, 1.807) is 6.92 Å². The van der Waals surface area contributed by atoms with E-state index in [1.807, 2.05) is 0 Å². The summed E-state index contributed by atoms with van der Waals surface area (Å²) in [6.45, 7) is 6.54. The largest absolute Gasteiger partial charge is 0.393 e. The molecule has 136 valence electrons. The minimum Gasteiger partial charge on any atom is -0.393 e. The van der Waals surface area contributed by atoms with Gasteiger partial charge in [-0.2, -0.15) is 0 Å². The van der Waals surface area contributed by atoms with E-state index in [2.05, 4.69) is 13.8 Å². The highest BCUT2D eigenvalue weighted by molar-refractivity contribution is 5.79. The van der Waals surface area contributed by atoms with Crippen molar-refractivity contribution in [2.24, 2.45) is 40.4 Å². The standard InChI is InChI=1S/C21H34O3/c1-12(22)15-4-5-16-19-17(7-9-21(15,16)3)20(2)8-6-14(23)10-13(20)11-18(19)24/h13-19,23-24H,4-11H2,1-3H3/t13-,14+,15-,16+,17+,18+,19+,20+,21-/m1/s1. The Morgan fingerprint density at radius 1 is 0.917 bits per heavy atom. The van der Waals surface area contributed by atoms with Crippen LogP contribution in [0.25, 0.3) is 0 Å². The van der Waals surface area contributed by atoms with Crippen LogP contribution in [0.3, 0.4) is 0 Å². The van der Waals surface area contributed by atoms with E-state index in [1.165, 1.54) is 0 Å². The van der Waals surface area contributed by atoms with Crippen LogP contribution in [0.2, 0.25) is 0 Å². The summed E-state index contributed by atoms with van der Waals surface area (Å²) in [6, 6.07) is 0. The summed E-state index contributed by atoms with van der Waals surface area (Å²) in [7, 11) is 0. The Morgan fingerprint density at radius 2 is 1.58 bits per heavy atom. The minimum absolute atomic E-state index is 0.103. The molecule has 4 rings (SSSR count). The quantitative estimate of drug-likeness (QED) is 0.771. The zero-order valence-corrected chi connectivity index (χ0v) is 15.5. The first-order valence-corrected chi connectivity index (χ1v) is 10.1. The second kappa shape index (κ2) is 5.54. The summed E-state index contributed by atoms with van der Waals surface area (Å²) in [5.74, 6) is 2.46. The Kier molecular flexibility index (Phi) is 3.93. The zero-order valence-electron chi connectivity index (χ0n) is 15.5. The van der Waals surface area contributed by atoms with Crippen LogP contribution in [0, 0.1) is 40.4 Å². The van der Waals surface area contributed by atoms with E-state index in [0.29, 0.717) is 29.5 Å². The maximum Gasteiger partial charge on any atom is 0.133 e. The molecule has 0 unspecified atom stereocenters. The van der Waals surface area contributed by atoms with Crippen LogP contribution in [0.1, 0.15) is 72.1 Å². The average Bonchev–Trinajstić information content (AvgIpc) is 2.86. The maximum atomic E-state index is 12.2. The average molecular weight is 335 g/mol. The third-order valence-corrected chi connectivity index (χ3v) is 9.15. The smallest absolute Gasteiger partial charge is 0.133 e. The second-order valence-electron chi connectivity index (χ2n) is 10.0. The third kappa shape index (κ3) is 2.19. The molecule has 0 bridgehead atoms. The maximum absolute atomic E-state index is 12.2. The Morgan fingerprint density at radius 3 is 2.29 bits per heavy atom. The second-order valence-corrected chi connectivity index (χ2v) is 10.0. The van der Waals surface area contributed by atoms with Gasteiger partial charge in [-0.1, -0.05) is 13.8 Å². The van der Waals surface area contributed by atoms with Crippen LogP contribution in [0.4, 0.5) is 0 Å². The van der Waals surface area contributed by atoms with E-state index in [9.17, 15) is 15.0 Å². The topological polar surface area (TPSA) is 57.5 Å². The predicted molar refractivity (Wildman–Crippen MR) is 93.3 cm³/mol. The van der Waals surface area contributed by atoms with E-state index in [4.69, 9.17) is 0 Å². The molecule has 4 aliphatic carbocycles. The number of hydrogen-bond acceptors (Lipinski definition) is 3. The highest BCUT2D eigenvalue weighted by Gasteiger charge is 2.62. The molecular formula is C21H34O3. The van der Waals surface area contributed by atoms with E-state index < -0.39 is 0 Å². The number of fused-ring (bicyclic) bond motifs is 5. The highest BCUT2D eigenvalue weighted by Crippen LogP contribution is 2.67. The van der Waals surface area contributed by atoms with Crippen molar-refractivity contribution < 1.29 is 15.0 Å². The number of aliphatic hydroxyl groups is 2. The number of carbonyl (C=O) groups is 1. The molecule has 0 aromatic rings. The predicted octanol–water partition coefficient (Wildman–Crippen LogP) is 3.57. The Hall–Kier alpha value is -0.410. The van der Waals surface area contributed by atoms with Gasteiger partial charge in [-0.25, -0.2) is 0 Å². The van der Waals surface area contributed by atoms with Crippen molar-refractivity contribution in [3.05, 3.63) is 0 Å². The summed E-state index contributed by atoms with van der Waals surface area (Å²) in [6.07, 6.45) is 7.76. The summed E-state index contributed by atoms with van der Waals surface area (Å²) in [5, 5.41) is 21.2. The Labute approximate surface area is 146 Å². The summed E-state index contributed by atoms with van der Waals surface area (Å²) in [4.78, 5) is 12.2. The van der Waals surface area contributed by atoms with Crippen LogP contribution >= 0.6 is 0 Å². The molecule has 4 aliphatic rings. The Bertz CT molecular complexity index is 531. The SMILES string of the molecule is CC(=O)[C@H]1CC[C@H]2[C@@H]3[C@@H](O)C[C@H]4C[C@@H](O)CC[C@]4(C)[C@H]3CC[C@]12C. The van der Waals surface area contributed by atoms with Crippen LogP contribution in [0.5, 0.6) is 0 Å². The van der Waals surface area contributed by atoms with Crippen LogP contribution in [-0.4, -0.2) is 28.2 Å². The molecule has 4 saturated carbocycles.